The summed E-state index contributed by atoms with van der Waals surface area (Å²) in [5.74, 6) is -0.631. The van der Waals surface area contributed by atoms with Crippen molar-refractivity contribution in [2.45, 2.75) is 44.9 Å². The van der Waals surface area contributed by atoms with Gasteiger partial charge in [-0.15, -0.1) is 0 Å². The lowest BCUT2D eigenvalue weighted by Crippen LogP contribution is -2.43. The van der Waals surface area contributed by atoms with Gasteiger partial charge < -0.3 is 10.0 Å². The number of rotatable bonds is 7. The number of carboxylic acid groups (broad SMARTS) is 1. The summed E-state index contributed by atoms with van der Waals surface area (Å²) in [5, 5.41) is 10.8. The summed E-state index contributed by atoms with van der Waals surface area (Å²) in [6.45, 7) is 0.693. The fourth-order valence-electron chi connectivity index (χ4n) is 1.98. The Labute approximate surface area is 113 Å². The number of carbonyl (C=O) groups excluding carboxylic acids is 2. The Kier molecular flexibility index (Phi) is 6.32. The van der Waals surface area contributed by atoms with E-state index < -0.39 is 5.97 Å². The second-order valence-corrected chi connectivity index (χ2v) is 5.13. The molecule has 0 aromatic carbocycles. The minimum Gasteiger partial charge on any atom is -0.481 e. The van der Waals surface area contributed by atoms with Crippen LogP contribution in [0.1, 0.15) is 44.9 Å². The molecule has 0 saturated heterocycles. The summed E-state index contributed by atoms with van der Waals surface area (Å²) in [6.07, 6.45) is 4.72. The van der Waals surface area contributed by atoms with Crippen LogP contribution in [0.4, 0.5) is 4.79 Å². The van der Waals surface area contributed by atoms with E-state index in [1.807, 2.05) is 0 Å². The molecule has 0 heterocycles. The fourth-order valence-corrected chi connectivity index (χ4v) is 1.98. The first-order chi connectivity index (χ1) is 8.99. The van der Waals surface area contributed by atoms with Gasteiger partial charge >= 0.3 is 12.0 Å². The molecule has 6 heteroatoms. The number of aliphatic carboxylic acids is 1. The van der Waals surface area contributed by atoms with Crippen molar-refractivity contribution in [2.24, 2.45) is 5.92 Å². The smallest absolute Gasteiger partial charge is 0.323 e. The number of carbonyl (C=O) groups is 3. The molecule has 0 spiro atoms. The first-order valence-corrected chi connectivity index (χ1v) is 6.75. The van der Waals surface area contributed by atoms with Crippen LogP contribution in [0.3, 0.4) is 0 Å². The number of nitrogens with zero attached hydrogens (tertiary/aromatic N) is 1. The molecule has 0 atom stereocenters. The van der Waals surface area contributed by atoms with E-state index in [0.29, 0.717) is 25.3 Å². The summed E-state index contributed by atoms with van der Waals surface area (Å²) >= 11 is 0. The molecule has 0 aromatic rings. The maximum atomic E-state index is 11.7. The van der Waals surface area contributed by atoms with E-state index in [1.165, 1.54) is 6.42 Å². The maximum Gasteiger partial charge on any atom is 0.323 e. The van der Waals surface area contributed by atoms with Crippen LogP contribution in [-0.4, -0.2) is 41.5 Å². The number of carboxylic acids is 1. The van der Waals surface area contributed by atoms with Crippen LogP contribution in [0, 0.1) is 5.92 Å². The highest BCUT2D eigenvalue weighted by molar-refractivity contribution is 5.94. The molecule has 1 rings (SSSR count). The number of unbranched alkanes of at least 4 members (excludes halogenated alkanes) is 1. The summed E-state index contributed by atoms with van der Waals surface area (Å²) in [4.78, 5) is 35.0. The highest BCUT2D eigenvalue weighted by Gasteiger charge is 2.22. The molecule has 1 aliphatic rings. The van der Waals surface area contributed by atoms with Gasteiger partial charge in [-0.2, -0.15) is 0 Å². The summed E-state index contributed by atoms with van der Waals surface area (Å²) < 4.78 is 0. The van der Waals surface area contributed by atoms with Crippen LogP contribution < -0.4 is 5.32 Å². The molecule has 1 aliphatic carbocycles. The zero-order valence-electron chi connectivity index (χ0n) is 11.4. The van der Waals surface area contributed by atoms with E-state index in [9.17, 15) is 14.4 Å². The Hall–Kier alpha value is -1.59. The van der Waals surface area contributed by atoms with Gasteiger partial charge in [0.25, 0.3) is 0 Å². The summed E-state index contributed by atoms with van der Waals surface area (Å²) in [5.41, 5.74) is 0. The molecular formula is C13H22N2O4. The van der Waals surface area contributed by atoms with Crippen molar-refractivity contribution < 1.29 is 19.5 Å². The van der Waals surface area contributed by atoms with Gasteiger partial charge in [0, 0.05) is 26.4 Å². The maximum absolute atomic E-state index is 11.7. The minimum absolute atomic E-state index is 0.0583. The summed E-state index contributed by atoms with van der Waals surface area (Å²) in [7, 11) is 1.69. The number of nitrogens with one attached hydrogen (secondary N) is 1. The average molecular weight is 270 g/mol. The number of urea groups is 1. The van der Waals surface area contributed by atoms with Gasteiger partial charge in [-0.3, -0.25) is 14.9 Å². The van der Waals surface area contributed by atoms with Gasteiger partial charge in [0.1, 0.15) is 0 Å². The molecule has 1 fully saturated rings. The van der Waals surface area contributed by atoms with Crippen molar-refractivity contribution in [1.29, 1.82) is 0 Å². The van der Waals surface area contributed by atoms with E-state index >= 15 is 0 Å². The average Bonchev–Trinajstić information content (AvgIpc) is 2.28. The van der Waals surface area contributed by atoms with Crippen LogP contribution in [0.25, 0.3) is 0 Å². The van der Waals surface area contributed by atoms with Crippen LogP contribution in [0.5, 0.6) is 0 Å². The van der Waals surface area contributed by atoms with Crippen LogP contribution in [0.15, 0.2) is 0 Å². The number of imide groups is 1. The van der Waals surface area contributed by atoms with Crippen molar-refractivity contribution in [1.82, 2.24) is 10.2 Å². The normalized spacial score (nSPS) is 14.6. The fraction of sp³-hybridized carbons (Fsp3) is 0.769. The number of hydrogen-bond acceptors (Lipinski definition) is 3. The first kappa shape index (κ1) is 15.5. The highest BCUT2D eigenvalue weighted by Crippen LogP contribution is 2.26. The molecule has 19 heavy (non-hydrogen) atoms. The predicted octanol–water partition coefficient (Wildman–Crippen LogP) is 1.60. The largest absolute Gasteiger partial charge is 0.481 e. The van der Waals surface area contributed by atoms with E-state index in [0.717, 1.165) is 12.8 Å². The monoisotopic (exact) mass is 270 g/mol. The topological polar surface area (TPSA) is 86.7 Å². The van der Waals surface area contributed by atoms with Gasteiger partial charge in [-0.25, -0.2) is 4.79 Å². The van der Waals surface area contributed by atoms with Crippen molar-refractivity contribution in [3.63, 3.8) is 0 Å². The van der Waals surface area contributed by atoms with Crippen molar-refractivity contribution in [3.8, 4) is 0 Å². The van der Waals surface area contributed by atoms with Crippen LogP contribution >= 0.6 is 0 Å². The van der Waals surface area contributed by atoms with Crippen molar-refractivity contribution >= 4 is 17.9 Å². The number of hydrogen-bond donors (Lipinski definition) is 2. The van der Waals surface area contributed by atoms with Gasteiger partial charge in [0.2, 0.25) is 5.91 Å². The molecule has 0 unspecified atom stereocenters. The Balaban J connectivity index is 2.12. The third-order valence-corrected chi connectivity index (χ3v) is 3.39. The molecule has 2 N–H and O–H groups in total. The zero-order chi connectivity index (χ0) is 14.3. The molecule has 0 aromatic heterocycles. The third-order valence-electron chi connectivity index (χ3n) is 3.39. The number of amides is 3. The van der Waals surface area contributed by atoms with E-state index in [-0.39, 0.29) is 24.8 Å². The molecule has 0 radical (unpaired) electrons. The Bertz CT molecular complexity index is 340. The summed E-state index contributed by atoms with van der Waals surface area (Å²) in [6, 6.07) is -0.366. The van der Waals surface area contributed by atoms with E-state index in [2.05, 4.69) is 5.32 Å². The predicted molar refractivity (Wildman–Crippen MR) is 69.6 cm³/mol. The van der Waals surface area contributed by atoms with E-state index in [4.69, 9.17) is 5.11 Å². The molecule has 108 valence electrons. The first-order valence-electron chi connectivity index (χ1n) is 6.75. The highest BCUT2D eigenvalue weighted by atomic mass is 16.4. The SMILES string of the molecule is CN(CC1CCC1)C(=O)NC(=O)CCCCC(=O)O. The molecule has 0 aliphatic heterocycles. The molecule has 6 nitrogen and oxygen atoms in total. The minimum atomic E-state index is -0.864. The molecule has 0 bridgehead atoms. The van der Waals surface area contributed by atoms with E-state index in [1.54, 1.807) is 11.9 Å². The van der Waals surface area contributed by atoms with Gasteiger partial charge in [-0.1, -0.05) is 6.42 Å². The van der Waals surface area contributed by atoms with Crippen LogP contribution in [-0.2, 0) is 9.59 Å². The Morgan fingerprint density at radius 3 is 2.37 bits per heavy atom. The lowest BCUT2D eigenvalue weighted by Gasteiger charge is -2.29. The quantitative estimate of drug-likeness (QED) is 0.688. The van der Waals surface area contributed by atoms with Crippen molar-refractivity contribution in [3.05, 3.63) is 0 Å². The van der Waals surface area contributed by atoms with Gasteiger partial charge in [0.15, 0.2) is 0 Å². The Morgan fingerprint density at radius 1 is 1.21 bits per heavy atom. The molecule has 1 saturated carbocycles. The lowest BCUT2D eigenvalue weighted by atomic mass is 9.85. The zero-order valence-corrected chi connectivity index (χ0v) is 11.4. The third kappa shape index (κ3) is 6.22. The van der Waals surface area contributed by atoms with Gasteiger partial charge in [-0.05, 0) is 31.6 Å². The standard InChI is InChI=1S/C13H22N2O4/c1-15(9-10-5-4-6-10)13(19)14-11(16)7-2-3-8-12(17)18/h10H,2-9H2,1H3,(H,17,18)(H,14,16,19). The molecular weight excluding hydrogens is 248 g/mol. The van der Waals surface area contributed by atoms with Crippen molar-refractivity contribution in [2.75, 3.05) is 13.6 Å². The molecule has 3 amide bonds. The van der Waals surface area contributed by atoms with Crippen LogP contribution in [0.2, 0.25) is 0 Å². The Morgan fingerprint density at radius 2 is 1.84 bits per heavy atom. The van der Waals surface area contributed by atoms with Gasteiger partial charge in [0.05, 0.1) is 0 Å². The lowest BCUT2D eigenvalue weighted by molar-refractivity contribution is -0.137. The second kappa shape index (κ2) is 7.76. The second-order valence-electron chi connectivity index (χ2n) is 5.13.